The summed E-state index contributed by atoms with van der Waals surface area (Å²) in [5.74, 6) is -3.47. The van der Waals surface area contributed by atoms with Gasteiger partial charge in [-0.3, -0.25) is 4.99 Å². The minimum Gasteiger partial charge on any atom is -0.264 e. The van der Waals surface area contributed by atoms with Crippen LogP contribution in [0.3, 0.4) is 0 Å². The van der Waals surface area contributed by atoms with E-state index in [2.05, 4.69) is 4.99 Å². The molecule has 1 aromatic carbocycles. The van der Waals surface area contributed by atoms with Crippen molar-refractivity contribution in [1.29, 1.82) is 5.26 Å². The van der Waals surface area contributed by atoms with Crippen LogP contribution in [0.1, 0.15) is 23.5 Å². The van der Waals surface area contributed by atoms with E-state index in [1.165, 1.54) is 12.1 Å². The summed E-state index contributed by atoms with van der Waals surface area (Å²) in [5, 5.41) is 9.21. The molecule has 2 nitrogen and oxygen atoms in total. The Kier molecular flexibility index (Phi) is 4.50. The maximum Gasteiger partial charge on any atom is 0.416 e. The number of hydrogen-bond acceptors (Lipinski definition) is 2. The maximum atomic E-state index is 13.1. The first-order valence-corrected chi connectivity index (χ1v) is 6.50. The minimum absolute atomic E-state index is 0.161. The Hall–Kier alpha value is -2.30. The predicted molar refractivity (Wildman–Crippen MR) is 70.5 cm³/mol. The third kappa shape index (κ3) is 3.73. The summed E-state index contributed by atoms with van der Waals surface area (Å²) < 4.78 is 77.4. The van der Waals surface area contributed by atoms with Gasteiger partial charge in [-0.15, -0.1) is 0 Å². The number of nitriles is 1. The number of benzene rings is 1. The van der Waals surface area contributed by atoms with Crippen LogP contribution in [0.25, 0.3) is 0 Å². The number of nitrogens with zero attached hydrogens (tertiary/aromatic N) is 2. The van der Waals surface area contributed by atoms with E-state index in [0.29, 0.717) is 6.07 Å². The van der Waals surface area contributed by atoms with E-state index in [1.54, 1.807) is 6.07 Å². The average molecular weight is 332 g/mol. The summed E-state index contributed by atoms with van der Waals surface area (Å²) in [6.07, 6.45) is -7.31. The van der Waals surface area contributed by atoms with Crippen LogP contribution in [0.5, 0.6) is 0 Å². The van der Waals surface area contributed by atoms with E-state index in [-0.39, 0.29) is 12.0 Å². The predicted octanol–water partition coefficient (Wildman–Crippen LogP) is 4.85. The molecule has 0 unspecified atom stereocenters. The van der Waals surface area contributed by atoms with E-state index >= 15 is 0 Å². The summed E-state index contributed by atoms with van der Waals surface area (Å²) in [6.45, 7) is 0. The Morgan fingerprint density at radius 2 is 1.87 bits per heavy atom. The topological polar surface area (TPSA) is 36.1 Å². The van der Waals surface area contributed by atoms with E-state index in [4.69, 9.17) is 0 Å². The van der Waals surface area contributed by atoms with Crippen LogP contribution in [0.15, 0.2) is 41.5 Å². The van der Waals surface area contributed by atoms with Gasteiger partial charge in [0, 0.05) is 6.20 Å². The molecule has 0 N–H and O–H groups in total. The highest BCUT2D eigenvalue weighted by Gasteiger charge is 2.45. The largest absolute Gasteiger partial charge is 0.416 e. The van der Waals surface area contributed by atoms with E-state index in [1.807, 2.05) is 0 Å². The number of halogens is 6. The van der Waals surface area contributed by atoms with Crippen molar-refractivity contribution >= 4 is 5.71 Å². The highest BCUT2D eigenvalue weighted by molar-refractivity contribution is 5.96. The molecule has 0 saturated carbocycles. The average Bonchev–Trinajstić information content (AvgIpc) is 2.47. The van der Waals surface area contributed by atoms with Crippen molar-refractivity contribution in [2.45, 2.75) is 24.7 Å². The molecule has 2 rings (SSSR count). The maximum absolute atomic E-state index is 13.1. The van der Waals surface area contributed by atoms with Crippen LogP contribution in [-0.4, -0.2) is 11.9 Å². The smallest absolute Gasteiger partial charge is 0.264 e. The number of aliphatic imine (C=N–C) groups is 1. The second-order valence-corrected chi connectivity index (χ2v) is 4.95. The number of hydrogen-bond donors (Lipinski definition) is 0. The molecule has 2 atom stereocenters. The Labute approximate surface area is 127 Å². The lowest BCUT2D eigenvalue weighted by Crippen LogP contribution is -2.34. The van der Waals surface area contributed by atoms with Gasteiger partial charge in [0.15, 0.2) is 0 Å². The van der Waals surface area contributed by atoms with Crippen LogP contribution in [-0.2, 0) is 6.18 Å². The van der Waals surface area contributed by atoms with Crippen LogP contribution < -0.4 is 0 Å². The lowest BCUT2D eigenvalue weighted by atomic mass is 9.84. The first-order chi connectivity index (χ1) is 10.6. The van der Waals surface area contributed by atoms with Crippen molar-refractivity contribution in [3.05, 3.63) is 47.7 Å². The fraction of sp³-hybridized carbons (Fsp3) is 0.333. The van der Waals surface area contributed by atoms with Crippen molar-refractivity contribution < 1.29 is 26.3 Å². The van der Waals surface area contributed by atoms with Crippen LogP contribution in [0.4, 0.5) is 26.3 Å². The van der Waals surface area contributed by atoms with Gasteiger partial charge in [-0.05, 0) is 18.1 Å². The number of alkyl halides is 6. The van der Waals surface area contributed by atoms with Gasteiger partial charge < -0.3 is 0 Å². The van der Waals surface area contributed by atoms with E-state index in [0.717, 1.165) is 18.3 Å². The normalized spacial score (nSPS) is 19.9. The fourth-order valence-corrected chi connectivity index (χ4v) is 2.33. The Bertz CT molecular complexity index is 678. The molecule has 0 amide bonds. The van der Waals surface area contributed by atoms with Gasteiger partial charge in [0.2, 0.25) is 0 Å². The third-order valence-electron chi connectivity index (χ3n) is 3.43. The minimum atomic E-state index is -4.65. The van der Waals surface area contributed by atoms with Gasteiger partial charge in [0.05, 0.1) is 23.3 Å². The summed E-state index contributed by atoms with van der Waals surface area (Å²) >= 11 is 0. The highest BCUT2D eigenvalue weighted by atomic mass is 19.4. The number of allylic oxidation sites excluding steroid dienone is 1. The molecule has 1 aromatic rings. The Morgan fingerprint density at radius 3 is 2.43 bits per heavy atom. The molecule has 1 aliphatic rings. The molecule has 0 aliphatic carbocycles. The quantitative estimate of drug-likeness (QED) is 0.713. The molecule has 8 heteroatoms. The molecule has 0 aromatic heterocycles. The van der Waals surface area contributed by atoms with Gasteiger partial charge in [0.1, 0.15) is 5.92 Å². The standard InChI is InChI=1S/C15H10F6N2/c16-14(17,18)10-4-1-3-9(7-10)11(8-22)13-12(15(19,20)21)5-2-6-23-13/h1-4,6-7,11-12H,5H2/t11-,12+/m0/s1. The monoisotopic (exact) mass is 332 g/mol. The highest BCUT2D eigenvalue weighted by Crippen LogP contribution is 2.38. The molecular formula is C15H10F6N2. The van der Waals surface area contributed by atoms with Gasteiger partial charge in [-0.1, -0.05) is 24.3 Å². The zero-order valence-corrected chi connectivity index (χ0v) is 11.5. The van der Waals surface area contributed by atoms with Crippen LogP contribution in [0.2, 0.25) is 0 Å². The molecule has 23 heavy (non-hydrogen) atoms. The second-order valence-electron chi connectivity index (χ2n) is 4.95. The van der Waals surface area contributed by atoms with Gasteiger partial charge in [0.25, 0.3) is 0 Å². The second kappa shape index (κ2) is 6.07. The van der Waals surface area contributed by atoms with Crippen LogP contribution in [0, 0.1) is 17.2 Å². The van der Waals surface area contributed by atoms with E-state index in [9.17, 15) is 31.6 Å². The molecular weight excluding hydrogens is 322 g/mol. The third-order valence-corrected chi connectivity index (χ3v) is 3.43. The van der Waals surface area contributed by atoms with Gasteiger partial charge in [-0.25, -0.2) is 0 Å². The lowest BCUT2D eigenvalue weighted by molar-refractivity contribution is -0.155. The van der Waals surface area contributed by atoms with E-state index < -0.39 is 35.5 Å². The first-order valence-electron chi connectivity index (χ1n) is 6.50. The lowest BCUT2D eigenvalue weighted by Gasteiger charge is -2.26. The summed E-state index contributed by atoms with van der Waals surface area (Å²) in [7, 11) is 0. The molecule has 0 radical (unpaired) electrons. The zero-order valence-electron chi connectivity index (χ0n) is 11.5. The van der Waals surface area contributed by atoms with Gasteiger partial charge >= 0.3 is 12.4 Å². The number of rotatable bonds is 2. The summed E-state index contributed by atoms with van der Waals surface area (Å²) in [6, 6.07) is 5.36. The Morgan fingerprint density at radius 1 is 1.17 bits per heavy atom. The molecule has 0 fully saturated rings. The molecule has 0 spiro atoms. The SMILES string of the molecule is N#C[C@H](C1=NC=CC[C@H]1C(F)(F)F)c1cccc(C(F)(F)F)c1. The molecule has 0 saturated heterocycles. The molecule has 1 aliphatic heterocycles. The zero-order chi connectivity index (χ0) is 17.3. The fourth-order valence-electron chi connectivity index (χ4n) is 2.33. The summed E-state index contributed by atoms with van der Waals surface area (Å²) in [5.41, 5.74) is -1.67. The molecule has 122 valence electrons. The molecule has 1 heterocycles. The molecule has 0 bridgehead atoms. The Balaban J connectivity index is 2.46. The summed E-state index contributed by atoms with van der Waals surface area (Å²) in [4.78, 5) is 3.63. The van der Waals surface area contributed by atoms with Crippen LogP contribution >= 0.6 is 0 Å². The van der Waals surface area contributed by atoms with Crippen molar-refractivity contribution in [2.24, 2.45) is 10.9 Å². The van der Waals surface area contributed by atoms with Gasteiger partial charge in [-0.2, -0.15) is 31.6 Å². The first kappa shape index (κ1) is 17.1. The van der Waals surface area contributed by atoms with Crippen molar-refractivity contribution in [3.8, 4) is 6.07 Å². The van der Waals surface area contributed by atoms with Crippen molar-refractivity contribution in [2.75, 3.05) is 0 Å². The van der Waals surface area contributed by atoms with Crippen molar-refractivity contribution in [3.63, 3.8) is 0 Å². The van der Waals surface area contributed by atoms with Crippen molar-refractivity contribution in [1.82, 2.24) is 0 Å².